The normalized spacial score (nSPS) is 12.4. The average Bonchev–Trinajstić information content (AvgIpc) is 2.40. The standard InChI is InChI=1S/C17H19ClIN/c1-4-20-17(13-6-8-16(19)15(18)10-13)14-7-5-11(2)9-12(14)3/h5-10,17,20H,4H2,1-3H3. The first-order valence-corrected chi connectivity index (χ1v) is 8.24. The highest BCUT2D eigenvalue weighted by atomic mass is 127. The van der Waals surface area contributed by atoms with E-state index in [2.05, 4.69) is 85.1 Å². The molecule has 1 N–H and O–H groups in total. The number of rotatable bonds is 4. The summed E-state index contributed by atoms with van der Waals surface area (Å²) < 4.78 is 1.09. The molecule has 0 amide bonds. The van der Waals surface area contributed by atoms with Gasteiger partial charge in [-0.2, -0.15) is 0 Å². The predicted octanol–water partition coefficient (Wildman–Crippen LogP) is 5.26. The van der Waals surface area contributed by atoms with Crippen LogP contribution < -0.4 is 5.32 Å². The Morgan fingerprint density at radius 3 is 2.50 bits per heavy atom. The molecule has 2 aromatic carbocycles. The lowest BCUT2D eigenvalue weighted by molar-refractivity contribution is 0.627. The Morgan fingerprint density at radius 1 is 1.15 bits per heavy atom. The molecule has 1 atom stereocenters. The largest absolute Gasteiger partial charge is 0.307 e. The molecule has 0 radical (unpaired) electrons. The van der Waals surface area contributed by atoms with Crippen LogP contribution in [0.5, 0.6) is 0 Å². The molecule has 1 nitrogen and oxygen atoms in total. The van der Waals surface area contributed by atoms with Gasteiger partial charge in [0.1, 0.15) is 0 Å². The van der Waals surface area contributed by atoms with Gasteiger partial charge < -0.3 is 5.32 Å². The molecular weight excluding hydrogens is 381 g/mol. The summed E-state index contributed by atoms with van der Waals surface area (Å²) in [6.45, 7) is 7.34. The second kappa shape index (κ2) is 6.92. The fourth-order valence-electron chi connectivity index (χ4n) is 2.45. The minimum atomic E-state index is 0.190. The molecule has 0 bridgehead atoms. The van der Waals surface area contributed by atoms with Crippen molar-refractivity contribution >= 4 is 34.2 Å². The summed E-state index contributed by atoms with van der Waals surface area (Å²) in [7, 11) is 0. The van der Waals surface area contributed by atoms with E-state index in [1.807, 2.05) is 0 Å². The quantitative estimate of drug-likeness (QED) is 0.692. The maximum Gasteiger partial charge on any atom is 0.0579 e. The third kappa shape index (κ3) is 3.54. The second-order valence-corrected chi connectivity index (χ2v) is 6.59. The monoisotopic (exact) mass is 399 g/mol. The van der Waals surface area contributed by atoms with Gasteiger partial charge in [-0.05, 0) is 71.8 Å². The minimum Gasteiger partial charge on any atom is -0.307 e. The Labute approximate surface area is 139 Å². The molecule has 0 aromatic heterocycles. The van der Waals surface area contributed by atoms with Crippen LogP contribution in [0.15, 0.2) is 36.4 Å². The highest BCUT2D eigenvalue weighted by Gasteiger charge is 2.16. The molecule has 106 valence electrons. The average molecular weight is 400 g/mol. The molecule has 1 unspecified atom stereocenters. The number of hydrogen-bond acceptors (Lipinski definition) is 1. The van der Waals surface area contributed by atoms with Crippen LogP contribution in [-0.4, -0.2) is 6.54 Å². The van der Waals surface area contributed by atoms with Crippen molar-refractivity contribution in [1.82, 2.24) is 5.32 Å². The molecule has 3 heteroatoms. The van der Waals surface area contributed by atoms with Crippen molar-refractivity contribution in [3.63, 3.8) is 0 Å². The summed E-state index contributed by atoms with van der Waals surface area (Å²) in [5.74, 6) is 0. The highest BCUT2D eigenvalue weighted by molar-refractivity contribution is 14.1. The first kappa shape index (κ1) is 15.8. The van der Waals surface area contributed by atoms with Crippen molar-refractivity contribution in [2.45, 2.75) is 26.8 Å². The Balaban J connectivity index is 2.47. The molecule has 2 rings (SSSR count). The van der Waals surface area contributed by atoms with E-state index in [9.17, 15) is 0 Å². The summed E-state index contributed by atoms with van der Waals surface area (Å²) in [4.78, 5) is 0. The number of halogens is 2. The SMILES string of the molecule is CCNC(c1ccc(I)c(Cl)c1)c1ccc(C)cc1C. The molecule has 0 fully saturated rings. The fourth-order valence-corrected chi connectivity index (χ4v) is 2.98. The van der Waals surface area contributed by atoms with E-state index in [-0.39, 0.29) is 6.04 Å². The Hall–Kier alpha value is -0.580. The maximum absolute atomic E-state index is 6.28. The molecule has 0 saturated heterocycles. The molecule has 2 aromatic rings. The summed E-state index contributed by atoms with van der Waals surface area (Å²) in [5.41, 5.74) is 5.13. The minimum absolute atomic E-state index is 0.190. The van der Waals surface area contributed by atoms with Gasteiger partial charge >= 0.3 is 0 Å². The summed E-state index contributed by atoms with van der Waals surface area (Å²) in [6.07, 6.45) is 0. The van der Waals surface area contributed by atoms with E-state index in [1.165, 1.54) is 22.3 Å². The van der Waals surface area contributed by atoms with Gasteiger partial charge in [-0.1, -0.05) is 48.4 Å². The van der Waals surface area contributed by atoms with Crippen LogP contribution in [0.4, 0.5) is 0 Å². The van der Waals surface area contributed by atoms with Crippen molar-refractivity contribution in [3.05, 3.63) is 67.2 Å². The molecule has 0 spiro atoms. The molecule has 20 heavy (non-hydrogen) atoms. The Bertz CT molecular complexity index is 610. The molecule has 0 aliphatic heterocycles. The third-order valence-corrected chi connectivity index (χ3v) is 4.99. The lowest BCUT2D eigenvalue weighted by Crippen LogP contribution is -2.22. The number of nitrogens with one attached hydrogen (secondary N) is 1. The van der Waals surface area contributed by atoms with Crippen LogP contribution in [0.3, 0.4) is 0 Å². The highest BCUT2D eigenvalue weighted by Crippen LogP contribution is 2.29. The van der Waals surface area contributed by atoms with Gasteiger partial charge in [0.05, 0.1) is 11.1 Å². The molecule has 0 aliphatic rings. The van der Waals surface area contributed by atoms with Gasteiger partial charge in [0, 0.05) is 3.57 Å². The lowest BCUT2D eigenvalue weighted by atomic mass is 9.94. The molecular formula is C17H19ClIN. The molecule has 0 aliphatic carbocycles. The number of hydrogen-bond donors (Lipinski definition) is 1. The second-order valence-electron chi connectivity index (χ2n) is 5.02. The smallest absolute Gasteiger partial charge is 0.0579 e. The van der Waals surface area contributed by atoms with E-state index in [0.717, 1.165) is 15.1 Å². The van der Waals surface area contributed by atoms with Crippen molar-refractivity contribution < 1.29 is 0 Å². The fraction of sp³-hybridized carbons (Fsp3) is 0.294. The van der Waals surface area contributed by atoms with Crippen LogP contribution >= 0.6 is 34.2 Å². The van der Waals surface area contributed by atoms with Crippen LogP contribution in [0.1, 0.15) is 35.2 Å². The Morgan fingerprint density at radius 2 is 1.90 bits per heavy atom. The molecule has 0 saturated carbocycles. The zero-order valence-corrected chi connectivity index (χ0v) is 14.9. The summed E-state index contributed by atoms with van der Waals surface area (Å²) in [6, 6.07) is 13.1. The van der Waals surface area contributed by atoms with E-state index < -0.39 is 0 Å². The predicted molar refractivity (Wildman–Crippen MR) is 95.6 cm³/mol. The number of benzene rings is 2. The van der Waals surface area contributed by atoms with Gasteiger partial charge in [0.2, 0.25) is 0 Å². The van der Waals surface area contributed by atoms with Crippen LogP contribution in [0.25, 0.3) is 0 Å². The first-order valence-electron chi connectivity index (χ1n) is 6.78. The Kier molecular flexibility index (Phi) is 5.47. The van der Waals surface area contributed by atoms with Crippen LogP contribution in [-0.2, 0) is 0 Å². The number of aryl methyl sites for hydroxylation is 2. The van der Waals surface area contributed by atoms with Crippen LogP contribution in [0, 0.1) is 17.4 Å². The summed E-state index contributed by atoms with van der Waals surface area (Å²) >= 11 is 8.53. The van der Waals surface area contributed by atoms with Gasteiger partial charge in [-0.15, -0.1) is 0 Å². The van der Waals surface area contributed by atoms with Crippen molar-refractivity contribution in [3.8, 4) is 0 Å². The maximum atomic E-state index is 6.28. The van der Waals surface area contributed by atoms with E-state index >= 15 is 0 Å². The van der Waals surface area contributed by atoms with Crippen molar-refractivity contribution in [1.29, 1.82) is 0 Å². The van der Waals surface area contributed by atoms with E-state index in [4.69, 9.17) is 11.6 Å². The van der Waals surface area contributed by atoms with Gasteiger partial charge in [-0.3, -0.25) is 0 Å². The lowest BCUT2D eigenvalue weighted by Gasteiger charge is -2.22. The summed E-state index contributed by atoms with van der Waals surface area (Å²) in [5, 5.41) is 4.38. The van der Waals surface area contributed by atoms with Crippen LogP contribution in [0.2, 0.25) is 5.02 Å². The third-order valence-electron chi connectivity index (χ3n) is 3.42. The molecule has 0 heterocycles. The van der Waals surface area contributed by atoms with E-state index in [0.29, 0.717) is 0 Å². The van der Waals surface area contributed by atoms with Crippen molar-refractivity contribution in [2.75, 3.05) is 6.54 Å². The zero-order chi connectivity index (χ0) is 14.7. The zero-order valence-electron chi connectivity index (χ0n) is 12.0. The van der Waals surface area contributed by atoms with Gasteiger partial charge in [0.25, 0.3) is 0 Å². The first-order chi connectivity index (χ1) is 9.52. The topological polar surface area (TPSA) is 12.0 Å². The van der Waals surface area contributed by atoms with E-state index in [1.54, 1.807) is 0 Å². The van der Waals surface area contributed by atoms with Crippen molar-refractivity contribution in [2.24, 2.45) is 0 Å². The van der Waals surface area contributed by atoms with Gasteiger partial charge in [0.15, 0.2) is 0 Å². The van der Waals surface area contributed by atoms with Gasteiger partial charge in [-0.25, -0.2) is 0 Å².